The molecule has 0 unspecified atom stereocenters. The number of anilines is 1. The number of carbonyl (C=O) groups is 3. The molecule has 0 heterocycles. The van der Waals surface area contributed by atoms with Crippen LogP contribution in [-0.4, -0.2) is 31.4 Å². The van der Waals surface area contributed by atoms with Gasteiger partial charge < -0.3 is 20.7 Å². The van der Waals surface area contributed by atoms with E-state index in [-0.39, 0.29) is 17.2 Å². The molecule has 0 spiro atoms. The zero-order valence-corrected chi connectivity index (χ0v) is 15.4. The minimum Gasteiger partial charge on any atom is -0.497 e. The molecule has 7 nitrogen and oxygen atoms in total. The van der Waals surface area contributed by atoms with Gasteiger partial charge in [0.1, 0.15) is 5.75 Å². The number of rotatable bonds is 7. The van der Waals surface area contributed by atoms with Gasteiger partial charge in [0.15, 0.2) is 0 Å². The van der Waals surface area contributed by atoms with Crippen LogP contribution in [0.2, 0.25) is 0 Å². The number of nitrogens with one attached hydrogen (secondary N) is 3. The van der Waals surface area contributed by atoms with Crippen LogP contribution in [0.15, 0.2) is 48.5 Å². The Morgan fingerprint density at radius 1 is 0.963 bits per heavy atom. The summed E-state index contributed by atoms with van der Waals surface area (Å²) in [4.78, 5) is 36.2. The molecule has 0 atom stereocenters. The zero-order valence-electron chi connectivity index (χ0n) is 15.4. The maximum Gasteiger partial charge on any atom is 0.313 e. The molecule has 0 radical (unpaired) electrons. The first-order valence-electron chi connectivity index (χ1n) is 8.64. The second-order valence-electron chi connectivity index (χ2n) is 5.79. The Balaban J connectivity index is 2.04. The minimum atomic E-state index is -0.809. The van der Waals surface area contributed by atoms with Gasteiger partial charge in [-0.25, -0.2) is 0 Å². The van der Waals surface area contributed by atoms with Gasteiger partial charge in [0.2, 0.25) is 0 Å². The lowest BCUT2D eigenvalue weighted by Crippen LogP contribution is -2.36. The van der Waals surface area contributed by atoms with E-state index in [0.29, 0.717) is 18.8 Å². The molecular formula is C20H23N3O4. The van der Waals surface area contributed by atoms with Crippen molar-refractivity contribution in [2.24, 2.45) is 0 Å². The van der Waals surface area contributed by atoms with Crippen LogP contribution in [0.1, 0.15) is 29.3 Å². The molecule has 0 fully saturated rings. The van der Waals surface area contributed by atoms with Gasteiger partial charge in [-0.05, 0) is 36.2 Å². The van der Waals surface area contributed by atoms with Gasteiger partial charge in [-0.2, -0.15) is 0 Å². The van der Waals surface area contributed by atoms with E-state index < -0.39 is 11.8 Å². The standard InChI is InChI=1S/C20H23N3O4/c1-3-11-21-19(25)20(26)23-17-10-5-4-9-16(17)18(24)22-13-14-7-6-8-15(12-14)27-2/h4-10,12H,3,11,13H2,1-2H3,(H,21,25)(H,22,24)(H,23,26). The summed E-state index contributed by atoms with van der Waals surface area (Å²) in [5, 5.41) is 7.78. The molecule has 7 heteroatoms. The number of carbonyl (C=O) groups excluding carboxylic acids is 3. The van der Waals surface area contributed by atoms with Crippen LogP contribution in [-0.2, 0) is 16.1 Å². The van der Waals surface area contributed by atoms with E-state index in [1.165, 1.54) is 0 Å². The highest BCUT2D eigenvalue weighted by Crippen LogP contribution is 2.16. The fraction of sp³-hybridized carbons (Fsp3) is 0.250. The first kappa shape index (κ1) is 20.0. The fourth-order valence-electron chi connectivity index (χ4n) is 2.35. The van der Waals surface area contributed by atoms with Crippen molar-refractivity contribution >= 4 is 23.4 Å². The van der Waals surface area contributed by atoms with Crippen LogP contribution in [0.5, 0.6) is 5.75 Å². The Morgan fingerprint density at radius 2 is 1.74 bits per heavy atom. The molecule has 0 bridgehead atoms. The molecule has 27 heavy (non-hydrogen) atoms. The Kier molecular flexibility index (Phi) is 7.37. The molecule has 142 valence electrons. The normalized spacial score (nSPS) is 10.0. The number of hydrogen-bond donors (Lipinski definition) is 3. The van der Waals surface area contributed by atoms with E-state index in [1.54, 1.807) is 31.4 Å². The fourth-order valence-corrected chi connectivity index (χ4v) is 2.35. The second-order valence-corrected chi connectivity index (χ2v) is 5.79. The molecule has 2 rings (SSSR count). The predicted octanol–water partition coefficient (Wildman–Crippen LogP) is 2.09. The van der Waals surface area contributed by atoms with Gasteiger partial charge in [0.05, 0.1) is 18.4 Å². The highest BCUT2D eigenvalue weighted by molar-refractivity contribution is 6.40. The predicted molar refractivity (Wildman–Crippen MR) is 103 cm³/mol. The third-order valence-electron chi connectivity index (χ3n) is 3.75. The Labute approximate surface area is 158 Å². The van der Waals surface area contributed by atoms with Gasteiger partial charge in [-0.15, -0.1) is 0 Å². The number of hydrogen-bond acceptors (Lipinski definition) is 4. The topological polar surface area (TPSA) is 96.5 Å². The Morgan fingerprint density at radius 3 is 2.48 bits per heavy atom. The lowest BCUT2D eigenvalue weighted by molar-refractivity contribution is -0.136. The first-order valence-corrected chi connectivity index (χ1v) is 8.64. The molecule has 2 aromatic rings. The van der Waals surface area contributed by atoms with Crippen LogP contribution in [0.25, 0.3) is 0 Å². The average Bonchev–Trinajstić information content (AvgIpc) is 2.70. The monoisotopic (exact) mass is 369 g/mol. The van der Waals surface area contributed by atoms with Gasteiger partial charge in [0.25, 0.3) is 5.91 Å². The summed E-state index contributed by atoms with van der Waals surface area (Å²) in [7, 11) is 1.58. The Bertz CT molecular complexity index is 820. The number of amides is 3. The molecule has 0 saturated carbocycles. The summed E-state index contributed by atoms with van der Waals surface area (Å²) in [5.74, 6) is -1.20. The lowest BCUT2D eigenvalue weighted by atomic mass is 10.1. The van der Waals surface area contributed by atoms with E-state index in [2.05, 4.69) is 16.0 Å². The molecule has 0 aliphatic carbocycles. The lowest BCUT2D eigenvalue weighted by Gasteiger charge is -2.12. The maximum atomic E-state index is 12.5. The molecular weight excluding hydrogens is 346 g/mol. The molecule has 3 N–H and O–H groups in total. The summed E-state index contributed by atoms with van der Waals surface area (Å²) >= 11 is 0. The third-order valence-corrected chi connectivity index (χ3v) is 3.75. The summed E-state index contributed by atoms with van der Waals surface area (Å²) in [6.45, 7) is 2.60. The quantitative estimate of drug-likeness (QED) is 0.651. The average molecular weight is 369 g/mol. The summed E-state index contributed by atoms with van der Waals surface area (Å²) < 4.78 is 5.16. The van der Waals surface area contributed by atoms with E-state index in [0.717, 1.165) is 12.0 Å². The highest BCUT2D eigenvalue weighted by atomic mass is 16.5. The van der Waals surface area contributed by atoms with Gasteiger partial charge >= 0.3 is 11.8 Å². The third kappa shape index (κ3) is 5.85. The van der Waals surface area contributed by atoms with Crippen molar-refractivity contribution in [3.05, 3.63) is 59.7 Å². The van der Waals surface area contributed by atoms with E-state index >= 15 is 0 Å². The molecule has 0 aromatic heterocycles. The minimum absolute atomic E-state index is 0.275. The highest BCUT2D eigenvalue weighted by Gasteiger charge is 2.17. The van der Waals surface area contributed by atoms with Crippen LogP contribution in [0.3, 0.4) is 0 Å². The van der Waals surface area contributed by atoms with Crippen molar-refractivity contribution in [3.8, 4) is 5.75 Å². The SMILES string of the molecule is CCCNC(=O)C(=O)Nc1ccccc1C(=O)NCc1cccc(OC)c1. The van der Waals surface area contributed by atoms with Crippen molar-refractivity contribution in [2.45, 2.75) is 19.9 Å². The molecule has 0 saturated heterocycles. The number of para-hydroxylation sites is 1. The summed E-state index contributed by atoms with van der Waals surface area (Å²) in [6, 6.07) is 13.9. The number of methoxy groups -OCH3 is 1. The zero-order chi connectivity index (χ0) is 19.6. The molecule has 2 aromatic carbocycles. The molecule has 0 aliphatic heterocycles. The largest absolute Gasteiger partial charge is 0.497 e. The molecule has 3 amide bonds. The van der Waals surface area contributed by atoms with Gasteiger partial charge in [-0.3, -0.25) is 14.4 Å². The van der Waals surface area contributed by atoms with Crippen LogP contribution >= 0.6 is 0 Å². The maximum absolute atomic E-state index is 12.5. The summed E-state index contributed by atoms with van der Waals surface area (Å²) in [5.41, 5.74) is 1.43. The number of ether oxygens (including phenoxy) is 1. The van der Waals surface area contributed by atoms with E-state index in [1.807, 2.05) is 31.2 Å². The smallest absolute Gasteiger partial charge is 0.313 e. The number of benzene rings is 2. The van der Waals surface area contributed by atoms with Crippen molar-refractivity contribution in [3.63, 3.8) is 0 Å². The summed E-state index contributed by atoms with van der Waals surface area (Å²) in [6.07, 6.45) is 0.724. The van der Waals surface area contributed by atoms with Crippen LogP contribution in [0.4, 0.5) is 5.69 Å². The van der Waals surface area contributed by atoms with Crippen LogP contribution in [0, 0.1) is 0 Å². The van der Waals surface area contributed by atoms with E-state index in [4.69, 9.17) is 4.74 Å². The Hall–Kier alpha value is -3.35. The van der Waals surface area contributed by atoms with E-state index in [9.17, 15) is 14.4 Å². The van der Waals surface area contributed by atoms with Crippen molar-refractivity contribution in [1.82, 2.24) is 10.6 Å². The second kappa shape index (κ2) is 9.96. The van der Waals surface area contributed by atoms with Gasteiger partial charge in [-0.1, -0.05) is 31.2 Å². The van der Waals surface area contributed by atoms with Crippen molar-refractivity contribution in [1.29, 1.82) is 0 Å². The van der Waals surface area contributed by atoms with Crippen LogP contribution < -0.4 is 20.7 Å². The van der Waals surface area contributed by atoms with Gasteiger partial charge in [0, 0.05) is 13.1 Å². The van der Waals surface area contributed by atoms with Crippen molar-refractivity contribution in [2.75, 3.05) is 19.0 Å². The van der Waals surface area contributed by atoms with Crippen molar-refractivity contribution < 1.29 is 19.1 Å². The molecule has 0 aliphatic rings. The first-order chi connectivity index (χ1) is 13.0.